The van der Waals surface area contributed by atoms with Crippen LogP contribution in [0.25, 0.3) is 10.8 Å². The van der Waals surface area contributed by atoms with Crippen LogP contribution in [0.15, 0.2) is 60.7 Å². The molecule has 0 fully saturated rings. The van der Waals surface area contributed by atoms with Crippen molar-refractivity contribution in [2.45, 2.75) is 6.61 Å². The summed E-state index contributed by atoms with van der Waals surface area (Å²) in [6.45, 7) is 0.380. The van der Waals surface area contributed by atoms with E-state index in [0.29, 0.717) is 18.1 Å². The average Bonchev–Trinajstić information content (AvgIpc) is 2.59. The molecule has 1 N–H and O–H groups in total. The van der Waals surface area contributed by atoms with Crippen LogP contribution in [0.5, 0.6) is 11.5 Å². The summed E-state index contributed by atoms with van der Waals surface area (Å²) < 4.78 is 11.1. The second-order valence-electron chi connectivity index (χ2n) is 5.14. The second kappa shape index (κ2) is 6.40. The van der Waals surface area contributed by atoms with E-state index in [4.69, 9.17) is 9.47 Å². The molecular formula is C19H16O4. The van der Waals surface area contributed by atoms with Gasteiger partial charge in [0.05, 0.1) is 12.7 Å². The Kier molecular flexibility index (Phi) is 4.15. The largest absolute Gasteiger partial charge is 0.497 e. The normalized spacial score (nSPS) is 10.5. The minimum absolute atomic E-state index is 0.189. The lowest BCUT2D eigenvalue weighted by atomic mass is 10.1. The van der Waals surface area contributed by atoms with Crippen LogP contribution in [0.3, 0.4) is 0 Å². The second-order valence-corrected chi connectivity index (χ2v) is 5.14. The lowest BCUT2D eigenvalue weighted by molar-refractivity contribution is 0.0696. The van der Waals surface area contributed by atoms with Gasteiger partial charge in [0.2, 0.25) is 0 Å². The summed E-state index contributed by atoms with van der Waals surface area (Å²) in [5.41, 5.74) is 1.21. The predicted octanol–water partition coefficient (Wildman–Crippen LogP) is 4.13. The molecule has 0 aliphatic heterocycles. The molecule has 0 heterocycles. The van der Waals surface area contributed by atoms with Crippen molar-refractivity contribution in [1.82, 2.24) is 0 Å². The predicted molar refractivity (Wildman–Crippen MR) is 88.2 cm³/mol. The zero-order chi connectivity index (χ0) is 16.2. The molecule has 116 valence electrons. The van der Waals surface area contributed by atoms with Gasteiger partial charge in [-0.3, -0.25) is 0 Å². The number of hydrogen-bond acceptors (Lipinski definition) is 3. The minimum Gasteiger partial charge on any atom is -0.497 e. The molecule has 0 spiro atoms. The summed E-state index contributed by atoms with van der Waals surface area (Å²) in [5.74, 6) is 0.236. The Balaban J connectivity index is 2.01. The first-order valence-electron chi connectivity index (χ1n) is 7.19. The van der Waals surface area contributed by atoms with Gasteiger partial charge in [-0.05, 0) is 41.3 Å². The van der Waals surface area contributed by atoms with E-state index in [1.807, 2.05) is 42.5 Å². The number of carboxylic acid groups (broad SMARTS) is 1. The highest BCUT2D eigenvalue weighted by atomic mass is 16.5. The highest BCUT2D eigenvalue weighted by Gasteiger charge is 2.11. The highest BCUT2D eigenvalue weighted by molar-refractivity contribution is 5.98. The molecule has 0 radical (unpaired) electrons. The van der Waals surface area contributed by atoms with E-state index in [-0.39, 0.29) is 5.56 Å². The number of hydrogen-bond donors (Lipinski definition) is 1. The summed E-state index contributed by atoms with van der Waals surface area (Å²) in [4.78, 5) is 11.3. The first kappa shape index (κ1) is 14.9. The third kappa shape index (κ3) is 3.26. The number of fused-ring (bicyclic) bond motifs is 1. The van der Waals surface area contributed by atoms with Gasteiger partial charge in [0.15, 0.2) is 0 Å². The van der Waals surface area contributed by atoms with Gasteiger partial charge >= 0.3 is 5.97 Å². The first-order chi connectivity index (χ1) is 11.2. The molecule has 4 heteroatoms. The average molecular weight is 308 g/mol. The van der Waals surface area contributed by atoms with Crippen molar-refractivity contribution < 1.29 is 19.4 Å². The molecule has 0 aliphatic rings. The Morgan fingerprint density at radius 3 is 2.52 bits per heavy atom. The third-order valence-corrected chi connectivity index (χ3v) is 3.61. The van der Waals surface area contributed by atoms with Crippen LogP contribution in [0, 0.1) is 0 Å². The number of rotatable bonds is 5. The van der Waals surface area contributed by atoms with E-state index in [2.05, 4.69) is 0 Å². The summed E-state index contributed by atoms with van der Waals surface area (Å²) in [7, 11) is 1.58. The van der Waals surface area contributed by atoms with E-state index in [1.165, 1.54) is 0 Å². The molecule has 4 nitrogen and oxygen atoms in total. The number of aromatic carboxylic acids is 1. The maximum atomic E-state index is 11.3. The van der Waals surface area contributed by atoms with E-state index in [0.717, 1.165) is 16.3 Å². The summed E-state index contributed by atoms with van der Waals surface area (Å²) >= 11 is 0. The van der Waals surface area contributed by atoms with Crippen molar-refractivity contribution in [3.63, 3.8) is 0 Å². The minimum atomic E-state index is -0.987. The molecule has 0 atom stereocenters. The van der Waals surface area contributed by atoms with Crippen molar-refractivity contribution in [2.75, 3.05) is 7.11 Å². The van der Waals surface area contributed by atoms with Gasteiger partial charge in [0.1, 0.15) is 18.1 Å². The fourth-order valence-electron chi connectivity index (χ4n) is 2.42. The number of benzene rings is 3. The van der Waals surface area contributed by atoms with Crippen LogP contribution in [0.2, 0.25) is 0 Å². The highest BCUT2D eigenvalue weighted by Crippen LogP contribution is 2.31. The van der Waals surface area contributed by atoms with Crippen molar-refractivity contribution in [2.24, 2.45) is 0 Å². The van der Waals surface area contributed by atoms with Crippen LogP contribution < -0.4 is 9.47 Å². The fraction of sp³-hybridized carbons (Fsp3) is 0.105. The number of methoxy groups -OCH3 is 1. The Morgan fingerprint density at radius 1 is 1.04 bits per heavy atom. The molecule has 23 heavy (non-hydrogen) atoms. The van der Waals surface area contributed by atoms with Crippen LogP contribution in [0.1, 0.15) is 15.9 Å². The molecule has 3 aromatic carbocycles. The molecule has 3 aromatic rings. The van der Waals surface area contributed by atoms with E-state index < -0.39 is 5.97 Å². The van der Waals surface area contributed by atoms with Gasteiger partial charge in [-0.15, -0.1) is 0 Å². The fourth-order valence-corrected chi connectivity index (χ4v) is 2.42. The van der Waals surface area contributed by atoms with E-state index in [1.54, 1.807) is 25.3 Å². The lowest BCUT2D eigenvalue weighted by Gasteiger charge is -2.12. The molecule has 0 aliphatic carbocycles. The molecule has 0 saturated carbocycles. The Bertz CT molecular complexity index is 841. The standard InChI is InChI=1S/C19H16O4/c1-22-16-7-8-17-14(10-16)9-15(19(20)21)11-18(17)23-12-13-5-3-2-4-6-13/h2-11H,12H2,1H3,(H,20,21). The summed E-state index contributed by atoms with van der Waals surface area (Å²) in [6, 6.07) is 18.4. The van der Waals surface area contributed by atoms with E-state index in [9.17, 15) is 9.90 Å². The lowest BCUT2D eigenvalue weighted by Crippen LogP contribution is -2.00. The number of carboxylic acids is 1. The van der Waals surface area contributed by atoms with Crippen molar-refractivity contribution >= 4 is 16.7 Å². The maximum Gasteiger partial charge on any atom is 0.335 e. The monoisotopic (exact) mass is 308 g/mol. The van der Waals surface area contributed by atoms with Crippen LogP contribution in [-0.2, 0) is 6.61 Å². The molecular weight excluding hydrogens is 292 g/mol. The topological polar surface area (TPSA) is 55.8 Å². The van der Waals surface area contributed by atoms with Crippen LogP contribution in [0.4, 0.5) is 0 Å². The smallest absolute Gasteiger partial charge is 0.335 e. The zero-order valence-electron chi connectivity index (χ0n) is 12.7. The Morgan fingerprint density at radius 2 is 1.83 bits per heavy atom. The maximum absolute atomic E-state index is 11.3. The third-order valence-electron chi connectivity index (χ3n) is 3.61. The zero-order valence-corrected chi connectivity index (χ0v) is 12.7. The molecule has 0 unspecified atom stereocenters. The summed E-state index contributed by atoms with van der Waals surface area (Å²) in [6.07, 6.45) is 0. The Labute approximate surface area is 133 Å². The Hall–Kier alpha value is -3.01. The SMILES string of the molecule is COc1ccc2c(OCc3ccccc3)cc(C(=O)O)cc2c1. The van der Waals surface area contributed by atoms with E-state index >= 15 is 0 Å². The number of carbonyl (C=O) groups is 1. The quantitative estimate of drug-likeness (QED) is 0.770. The summed E-state index contributed by atoms with van der Waals surface area (Å²) in [5, 5.41) is 10.9. The first-order valence-corrected chi connectivity index (χ1v) is 7.19. The van der Waals surface area contributed by atoms with Gasteiger partial charge in [-0.25, -0.2) is 4.79 Å². The van der Waals surface area contributed by atoms with Gasteiger partial charge in [0, 0.05) is 5.39 Å². The van der Waals surface area contributed by atoms with Crippen molar-refractivity contribution in [3.05, 3.63) is 71.8 Å². The van der Waals surface area contributed by atoms with Crippen molar-refractivity contribution in [3.8, 4) is 11.5 Å². The van der Waals surface area contributed by atoms with Gasteiger partial charge in [0.25, 0.3) is 0 Å². The molecule has 0 amide bonds. The molecule has 0 aromatic heterocycles. The van der Waals surface area contributed by atoms with Crippen LogP contribution >= 0.6 is 0 Å². The van der Waals surface area contributed by atoms with Gasteiger partial charge < -0.3 is 14.6 Å². The molecule has 0 bridgehead atoms. The van der Waals surface area contributed by atoms with Crippen LogP contribution in [-0.4, -0.2) is 18.2 Å². The van der Waals surface area contributed by atoms with Gasteiger partial charge in [-0.2, -0.15) is 0 Å². The van der Waals surface area contributed by atoms with Crippen molar-refractivity contribution in [1.29, 1.82) is 0 Å². The molecule has 0 saturated heterocycles. The molecule has 3 rings (SSSR count). The number of ether oxygens (including phenoxy) is 2. The van der Waals surface area contributed by atoms with Gasteiger partial charge in [-0.1, -0.05) is 30.3 Å².